The van der Waals surface area contributed by atoms with Crippen molar-refractivity contribution in [1.82, 2.24) is 19.5 Å². The summed E-state index contributed by atoms with van der Waals surface area (Å²) in [7, 11) is 0. The minimum absolute atomic E-state index is 0.00106. The molecular weight excluding hydrogens is 325 g/mol. The second kappa shape index (κ2) is 7.87. The summed E-state index contributed by atoms with van der Waals surface area (Å²) in [5, 5.41) is 22.3. The highest BCUT2D eigenvalue weighted by Gasteiger charge is 2.26. The van der Waals surface area contributed by atoms with Gasteiger partial charge in [-0.3, -0.25) is 4.90 Å². The van der Waals surface area contributed by atoms with Crippen LogP contribution >= 0.6 is 11.6 Å². The second-order valence-corrected chi connectivity index (χ2v) is 6.01. The number of β-amino-alcohol motifs (C(OH)–C–C–N with tert-alkyl or cyclic N) is 1. The van der Waals surface area contributed by atoms with Gasteiger partial charge in [0.15, 0.2) is 5.82 Å². The highest BCUT2D eigenvalue weighted by Crippen LogP contribution is 2.15. The van der Waals surface area contributed by atoms with Gasteiger partial charge in [-0.2, -0.15) is 4.98 Å². The molecule has 1 saturated heterocycles. The molecule has 2 aromatic heterocycles. The number of likely N-dealkylation sites (tertiary alicyclic amines) is 1. The van der Waals surface area contributed by atoms with E-state index in [1.807, 2.05) is 0 Å². The number of rotatable bonds is 2. The van der Waals surface area contributed by atoms with Crippen LogP contribution in [0.4, 0.5) is 10.3 Å². The molecule has 3 heterocycles. The molecule has 2 atom stereocenters. The van der Waals surface area contributed by atoms with E-state index in [9.17, 15) is 14.7 Å². The van der Waals surface area contributed by atoms with Crippen molar-refractivity contribution in [2.24, 2.45) is 0 Å². The van der Waals surface area contributed by atoms with Gasteiger partial charge in [0.1, 0.15) is 5.52 Å². The Morgan fingerprint density at radius 3 is 2.74 bits per heavy atom. The van der Waals surface area contributed by atoms with Gasteiger partial charge in [-0.15, -0.1) is 9.58 Å². The summed E-state index contributed by atoms with van der Waals surface area (Å²) < 4.78 is 13.5. The number of nitrogens with one attached hydrogen (secondary N) is 1. The van der Waals surface area contributed by atoms with Crippen LogP contribution in [0.2, 0.25) is 5.28 Å². The third kappa shape index (κ3) is 4.51. The largest absolute Gasteiger partial charge is 0.390 e. The molecule has 1 aliphatic heterocycles. The van der Waals surface area contributed by atoms with Crippen molar-refractivity contribution in [3.63, 3.8) is 0 Å². The number of aliphatic hydroxyl groups is 2. The number of hydrogen-bond acceptors (Lipinski definition) is 6. The summed E-state index contributed by atoms with van der Waals surface area (Å²) in [6, 6.07) is 3.87. The molecule has 0 bridgehead atoms. The van der Waals surface area contributed by atoms with Gasteiger partial charge < -0.3 is 10.2 Å². The molecule has 0 aliphatic carbocycles. The lowest BCUT2D eigenvalue weighted by atomic mass is 10.0. The van der Waals surface area contributed by atoms with Gasteiger partial charge in [-0.25, -0.2) is 10.1 Å². The van der Waals surface area contributed by atoms with Crippen molar-refractivity contribution in [2.75, 3.05) is 18.6 Å². The standard InChI is InChI=1S/C8H17NO2.C6H4ClFN4/c1-6(2)9-4-3-7(10)8(11)5-9;7-6-9-5(10-8)4-2-1-3-12(4)11-6/h6-8,10-11H,3-5H2,1-2H3;1-3H,(H,9,10,11). The van der Waals surface area contributed by atoms with E-state index in [0.717, 1.165) is 6.54 Å². The first-order valence-electron chi connectivity index (χ1n) is 7.40. The number of nitrogens with zero attached hydrogens (tertiary/aromatic N) is 4. The van der Waals surface area contributed by atoms with Crippen molar-refractivity contribution >= 4 is 22.9 Å². The van der Waals surface area contributed by atoms with Crippen molar-refractivity contribution in [3.05, 3.63) is 23.6 Å². The van der Waals surface area contributed by atoms with Gasteiger partial charge in [0.05, 0.1) is 12.2 Å². The maximum Gasteiger partial charge on any atom is 0.243 e. The summed E-state index contributed by atoms with van der Waals surface area (Å²) in [4.78, 5) is 5.82. The third-order valence-corrected chi connectivity index (χ3v) is 3.92. The average molecular weight is 346 g/mol. The Bertz CT molecular complexity index is 639. The highest BCUT2D eigenvalue weighted by molar-refractivity contribution is 6.28. The second-order valence-electron chi connectivity index (χ2n) is 5.67. The van der Waals surface area contributed by atoms with Crippen LogP contribution in [0.15, 0.2) is 18.3 Å². The van der Waals surface area contributed by atoms with Crippen LogP contribution in [0.3, 0.4) is 0 Å². The maximum atomic E-state index is 12.1. The molecule has 3 N–H and O–H groups in total. The van der Waals surface area contributed by atoms with E-state index < -0.39 is 12.2 Å². The molecule has 0 spiro atoms. The lowest BCUT2D eigenvalue weighted by molar-refractivity contribution is -0.0456. The first kappa shape index (κ1) is 17.9. The van der Waals surface area contributed by atoms with Crippen LogP contribution in [0.25, 0.3) is 5.52 Å². The van der Waals surface area contributed by atoms with Gasteiger partial charge in [0, 0.05) is 25.3 Å². The van der Waals surface area contributed by atoms with Gasteiger partial charge in [-0.05, 0) is 44.0 Å². The van der Waals surface area contributed by atoms with E-state index in [1.165, 1.54) is 10.1 Å². The monoisotopic (exact) mass is 345 g/mol. The molecule has 128 valence electrons. The summed E-state index contributed by atoms with van der Waals surface area (Å²) in [6.45, 7) is 5.71. The Hall–Kier alpha value is -1.48. The molecule has 2 unspecified atom stereocenters. The number of aliphatic hydroxyl groups excluding tert-OH is 2. The lowest BCUT2D eigenvalue weighted by Gasteiger charge is -2.35. The molecule has 2 aromatic rings. The molecule has 0 amide bonds. The van der Waals surface area contributed by atoms with Crippen molar-refractivity contribution in [2.45, 2.75) is 38.5 Å². The predicted molar refractivity (Wildman–Crippen MR) is 86.1 cm³/mol. The number of hydrogen-bond donors (Lipinski definition) is 3. The summed E-state index contributed by atoms with van der Waals surface area (Å²) in [6.07, 6.45) is 1.29. The van der Waals surface area contributed by atoms with Crippen LogP contribution in [0.1, 0.15) is 20.3 Å². The van der Waals surface area contributed by atoms with Crippen LogP contribution < -0.4 is 5.54 Å². The van der Waals surface area contributed by atoms with E-state index in [1.54, 1.807) is 18.3 Å². The molecule has 1 aliphatic rings. The van der Waals surface area contributed by atoms with Gasteiger partial charge >= 0.3 is 0 Å². The number of halogens is 2. The Balaban J connectivity index is 0.000000168. The minimum atomic E-state index is -0.550. The molecule has 0 aromatic carbocycles. The number of piperidine rings is 1. The van der Waals surface area contributed by atoms with Gasteiger partial charge in [0.2, 0.25) is 5.28 Å². The van der Waals surface area contributed by atoms with E-state index in [4.69, 9.17) is 11.6 Å². The van der Waals surface area contributed by atoms with Gasteiger partial charge in [0.25, 0.3) is 0 Å². The zero-order chi connectivity index (χ0) is 17.0. The predicted octanol–water partition coefficient (Wildman–Crippen LogP) is 1.50. The van der Waals surface area contributed by atoms with Crippen LogP contribution in [0.5, 0.6) is 0 Å². The Labute approximate surface area is 138 Å². The fourth-order valence-electron chi connectivity index (χ4n) is 2.39. The van der Waals surface area contributed by atoms with Crippen LogP contribution in [-0.4, -0.2) is 61.1 Å². The van der Waals surface area contributed by atoms with E-state index in [0.29, 0.717) is 24.5 Å². The Morgan fingerprint density at radius 1 is 1.39 bits per heavy atom. The zero-order valence-electron chi connectivity index (χ0n) is 13.0. The fraction of sp³-hybridized carbons (Fsp3) is 0.571. The fourth-order valence-corrected chi connectivity index (χ4v) is 2.56. The molecule has 23 heavy (non-hydrogen) atoms. The smallest absolute Gasteiger partial charge is 0.243 e. The summed E-state index contributed by atoms with van der Waals surface area (Å²) in [5.74, 6) is 0.0694. The molecule has 1 fully saturated rings. The van der Waals surface area contributed by atoms with Gasteiger partial charge in [-0.1, -0.05) is 0 Å². The van der Waals surface area contributed by atoms with E-state index in [-0.39, 0.29) is 11.1 Å². The average Bonchev–Trinajstić information content (AvgIpc) is 2.97. The van der Waals surface area contributed by atoms with Crippen molar-refractivity contribution < 1.29 is 14.7 Å². The molecule has 7 nitrogen and oxygen atoms in total. The van der Waals surface area contributed by atoms with E-state index in [2.05, 4.69) is 28.8 Å². The minimum Gasteiger partial charge on any atom is -0.390 e. The quantitative estimate of drug-likeness (QED) is 0.715. The zero-order valence-corrected chi connectivity index (χ0v) is 13.8. The van der Waals surface area contributed by atoms with E-state index >= 15 is 0 Å². The maximum absolute atomic E-state index is 12.1. The van der Waals surface area contributed by atoms with Crippen LogP contribution in [0, 0.1) is 0 Å². The molecule has 0 radical (unpaired) electrons. The third-order valence-electron chi connectivity index (χ3n) is 3.76. The molecule has 3 rings (SSSR count). The first-order chi connectivity index (χ1) is 10.9. The number of fused-ring (bicyclic) bond motifs is 1. The molecule has 0 saturated carbocycles. The SMILES string of the molecule is CC(C)N1CCC(O)C(O)C1.FNc1nc(Cl)nn2cccc12. The Morgan fingerprint density at radius 2 is 2.13 bits per heavy atom. The lowest BCUT2D eigenvalue weighted by Crippen LogP contribution is -2.49. The molecular formula is C14H21ClFN5O2. The molecule has 9 heteroatoms. The number of anilines is 1. The number of aromatic nitrogens is 3. The van der Waals surface area contributed by atoms with Crippen molar-refractivity contribution in [1.29, 1.82) is 0 Å². The van der Waals surface area contributed by atoms with Crippen molar-refractivity contribution in [3.8, 4) is 0 Å². The topological polar surface area (TPSA) is 85.9 Å². The Kier molecular flexibility index (Phi) is 6.11. The summed E-state index contributed by atoms with van der Waals surface area (Å²) >= 11 is 5.51. The first-order valence-corrected chi connectivity index (χ1v) is 7.78. The van der Waals surface area contributed by atoms with Crippen LogP contribution in [-0.2, 0) is 0 Å². The summed E-state index contributed by atoms with van der Waals surface area (Å²) in [5.41, 5.74) is 1.98. The normalized spacial score (nSPS) is 22.0. The highest BCUT2D eigenvalue weighted by atomic mass is 35.5.